The van der Waals surface area contributed by atoms with E-state index in [0.29, 0.717) is 13.0 Å². The van der Waals surface area contributed by atoms with E-state index in [9.17, 15) is 9.59 Å². The van der Waals surface area contributed by atoms with Gasteiger partial charge < -0.3 is 14.9 Å². The monoisotopic (exact) mass is 310 g/mol. The minimum Gasteiger partial charge on any atom is -0.481 e. The van der Waals surface area contributed by atoms with Gasteiger partial charge in [0.25, 0.3) is 0 Å². The van der Waals surface area contributed by atoms with Gasteiger partial charge in [-0.15, -0.1) is 0 Å². The lowest BCUT2D eigenvalue weighted by Gasteiger charge is -2.19. The number of unbranched alkanes of at least 4 members (excludes halogenated alkanes) is 2. The summed E-state index contributed by atoms with van der Waals surface area (Å²) in [5.41, 5.74) is -0.499. The second kappa shape index (κ2) is 13.0. The quantitative estimate of drug-likeness (QED) is 0.400. The Bertz CT molecular complexity index is 269. The van der Waals surface area contributed by atoms with Crippen LogP contribution < -0.4 is 9.44 Å². The summed E-state index contributed by atoms with van der Waals surface area (Å²) in [4.78, 5) is 21.5. The van der Waals surface area contributed by atoms with Gasteiger partial charge in [0.05, 0.1) is 0 Å². The Morgan fingerprint density at radius 1 is 1.15 bits per heavy atom. The van der Waals surface area contributed by atoms with Crippen LogP contribution in [0.15, 0.2) is 0 Å². The molecule has 0 aliphatic rings. The maximum atomic E-state index is 11.2. The van der Waals surface area contributed by atoms with Crippen molar-refractivity contribution in [3.8, 4) is 0 Å². The average Bonchev–Trinajstić information content (AvgIpc) is 2.32. The summed E-state index contributed by atoms with van der Waals surface area (Å²) in [6.45, 7) is 6.10. The number of rotatable bonds is 8. The van der Waals surface area contributed by atoms with Crippen LogP contribution in [-0.2, 0) is 9.53 Å². The number of carboxylic acid groups (broad SMARTS) is 1. The van der Waals surface area contributed by atoms with Gasteiger partial charge >= 0.3 is 12.1 Å². The van der Waals surface area contributed by atoms with Gasteiger partial charge in [-0.25, -0.2) is 9.52 Å². The molecule has 1 amide bonds. The predicted molar refractivity (Wildman–Crippen MR) is 79.2 cm³/mol. The van der Waals surface area contributed by atoms with Crippen LogP contribution in [0.2, 0.25) is 0 Å². The first-order valence-electron chi connectivity index (χ1n) is 6.35. The number of aliphatic hydroxyl groups excluding tert-OH is 1. The summed E-state index contributed by atoms with van der Waals surface area (Å²) in [6.07, 6.45) is 2.14. The van der Waals surface area contributed by atoms with Crippen LogP contribution >= 0.6 is 12.1 Å². The number of ether oxygens (including phenoxy) is 1. The van der Waals surface area contributed by atoms with E-state index in [1.165, 1.54) is 0 Å². The van der Waals surface area contributed by atoms with Gasteiger partial charge in [-0.3, -0.25) is 9.52 Å². The molecule has 0 heterocycles. The Morgan fingerprint density at radius 2 is 1.75 bits per heavy atom. The second-order valence-electron chi connectivity index (χ2n) is 4.80. The predicted octanol–water partition coefficient (Wildman–Crippen LogP) is 1.92. The van der Waals surface area contributed by atoms with Crippen molar-refractivity contribution in [2.45, 2.75) is 52.1 Å². The minimum absolute atomic E-state index is 0.212. The highest BCUT2D eigenvalue weighted by Gasteiger charge is 2.15. The van der Waals surface area contributed by atoms with Crippen LogP contribution in [0.25, 0.3) is 0 Å². The Labute approximate surface area is 124 Å². The van der Waals surface area contributed by atoms with Crippen LogP contribution in [0.4, 0.5) is 4.79 Å². The van der Waals surface area contributed by atoms with E-state index in [1.807, 2.05) is 0 Å². The lowest BCUT2D eigenvalue weighted by Crippen LogP contribution is -2.30. The van der Waals surface area contributed by atoms with Crippen LogP contribution in [0, 0.1) is 0 Å². The Morgan fingerprint density at radius 3 is 2.25 bits per heavy atom. The highest BCUT2D eigenvalue weighted by Crippen LogP contribution is 2.07. The molecule has 0 atom stereocenters. The summed E-state index contributed by atoms with van der Waals surface area (Å²) in [5.74, 6) is -0.760. The highest BCUT2D eigenvalue weighted by molar-refractivity contribution is 7.96. The second-order valence-corrected chi connectivity index (χ2v) is 5.50. The topological polar surface area (TPSA) is 108 Å². The maximum absolute atomic E-state index is 11.2. The molecule has 0 aromatic rings. The molecule has 120 valence electrons. The fourth-order valence-electron chi connectivity index (χ4n) is 1.08. The fourth-order valence-corrected chi connectivity index (χ4v) is 1.52. The molecule has 0 aliphatic heterocycles. The van der Waals surface area contributed by atoms with Gasteiger partial charge in [-0.05, 0) is 33.6 Å². The molecular formula is C12H26N2O5S. The van der Waals surface area contributed by atoms with Gasteiger partial charge in [0.2, 0.25) is 0 Å². The Balaban J connectivity index is 0. The van der Waals surface area contributed by atoms with E-state index in [2.05, 4.69) is 9.44 Å². The van der Waals surface area contributed by atoms with Crippen molar-refractivity contribution in [3.05, 3.63) is 0 Å². The Kier molecular flexibility index (Phi) is 13.9. The molecule has 0 spiro atoms. The zero-order valence-electron chi connectivity index (χ0n) is 12.6. The van der Waals surface area contributed by atoms with Crippen molar-refractivity contribution in [2.75, 3.05) is 13.7 Å². The molecule has 0 aliphatic carbocycles. The number of amides is 1. The first kappa shape index (κ1) is 21.3. The molecule has 0 fully saturated rings. The van der Waals surface area contributed by atoms with E-state index in [0.717, 1.165) is 32.1 Å². The third kappa shape index (κ3) is 19.4. The van der Waals surface area contributed by atoms with Crippen molar-refractivity contribution in [1.29, 1.82) is 0 Å². The van der Waals surface area contributed by atoms with Gasteiger partial charge in [0.1, 0.15) is 5.60 Å². The van der Waals surface area contributed by atoms with E-state index in [1.54, 1.807) is 20.8 Å². The summed E-state index contributed by atoms with van der Waals surface area (Å²) < 4.78 is 10.5. The number of aliphatic carboxylic acids is 1. The van der Waals surface area contributed by atoms with Gasteiger partial charge in [-0.2, -0.15) is 0 Å². The summed E-state index contributed by atoms with van der Waals surface area (Å²) >= 11 is 1.08. The molecule has 0 saturated heterocycles. The first-order valence-corrected chi connectivity index (χ1v) is 7.17. The molecule has 4 N–H and O–H groups in total. The molecule has 8 heteroatoms. The van der Waals surface area contributed by atoms with Crippen molar-refractivity contribution in [1.82, 2.24) is 9.44 Å². The van der Waals surface area contributed by atoms with Crippen molar-refractivity contribution < 1.29 is 24.5 Å². The maximum Gasteiger partial charge on any atom is 0.418 e. The molecule has 0 aromatic carbocycles. The van der Waals surface area contributed by atoms with Gasteiger partial charge in [0, 0.05) is 32.2 Å². The SMILES string of the molecule is CC(C)(C)OC(=O)NSNCCCCCC(=O)O.CO. The van der Waals surface area contributed by atoms with Crippen LogP contribution in [-0.4, -0.2) is 41.5 Å². The molecule has 0 rings (SSSR count). The van der Waals surface area contributed by atoms with E-state index in [-0.39, 0.29) is 6.42 Å². The third-order valence-corrected chi connectivity index (χ3v) is 2.39. The molecule has 0 aromatic heterocycles. The van der Waals surface area contributed by atoms with E-state index >= 15 is 0 Å². The van der Waals surface area contributed by atoms with Crippen molar-refractivity contribution in [3.63, 3.8) is 0 Å². The minimum atomic E-state index is -0.760. The molecule has 7 nitrogen and oxygen atoms in total. The molecular weight excluding hydrogens is 284 g/mol. The molecule has 0 unspecified atom stereocenters. The number of hydrogen-bond acceptors (Lipinski definition) is 6. The normalized spacial score (nSPS) is 10.2. The van der Waals surface area contributed by atoms with Gasteiger partial charge in [0.15, 0.2) is 0 Å². The highest BCUT2D eigenvalue weighted by atomic mass is 32.2. The lowest BCUT2D eigenvalue weighted by molar-refractivity contribution is -0.137. The number of carbonyl (C=O) groups excluding carboxylic acids is 1. The summed E-state index contributed by atoms with van der Waals surface area (Å²) in [5, 5.41) is 15.4. The zero-order chi connectivity index (χ0) is 16.0. The lowest BCUT2D eigenvalue weighted by atomic mass is 10.2. The standard InChI is InChI=1S/C11H22N2O4S.CH4O/c1-11(2,3)17-10(16)13-18-12-8-6-4-5-7-9(14)15;1-2/h12H,4-8H2,1-3H3,(H,13,16)(H,14,15);2H,1H3. The third-order valence-electron chi connectivity index (χ3n) is 1.77. The van der Waals surface area contributed by atoms with E-state index in [4.69, 9.17) is 14.9 Å². The van der Waals surface area contributed by atoms with Crippen molar-refractivity contribution in [2.24, 2.45) is 0 Å². The largest absolute Gasteiger partial charge is 0.481 e. The number of aliphatic hydroxyl groups is 1. The van der Waals surface area contributed by atoms with Crippen LogP contribution in [0.1, 0.15) is 46.5 Å². The summed E-state index contributed by atoms with van der Waals surface area (Å²) in [7, 11) is 1.00. The Hall–Kier alpha value is -0.990. The molecule has 0 radical (unpaired) electrons. The molecule has 20 heavy (non-hydrogen) atoms. The number of carboxylic acids is 1. The summed E-state index contributed by atoms with van der Waals surface area (Å²) in [6, 6.07) is 0. The van der Waals surface area contributed by atoms with Crippen LogP contribution in [0.5, 0.6) is 0 Å². The zero-order valence-corrected chi connectivity index (χ0v) is 13.4. The van der Waals surface area contributed by atoms with Crippen molar-refractivity contribution >= 4 is 24.2 Å². The molecule has 0 saturated carbocycles. The van der Waals surface area contributed by atoms with Gasteiger partial charge in [-0.1, -0.05) is 6.42 Å². The smallest absolute Gasteiger partial charge is 0.418 e. The number of carbonyl (C=O) groups is 2. The average molecular weight is 310 g/mol. The fraction of sp³-hybridized carbons (Fsp3) is 0.833. The number of hydrogen-bond donors (Lipinski definition) is 4. The number of nitrogens with one attached hydrogen (secondary N) is 2. The van der Waals surface area contributed by atoms with E-state index < -0.39 is 17.7 Å². The molecule has 0 bridgehead atoms. The first-order chi connectivity index (χ1) is 9.31. The van der Waals surface area contributed by atoms with Crippen LogP contribution in [0.3, 0.4) is 0 Å².